The lowest BCUT2D eigenvalue weighted by atomic mass is 9.93. The molecular formula is C28H27ClN4O3. The fourth-order valence-electron chi connectivity index (χ4n) is 4.51. The zero-order valence-electron chi connectivity index (χ0n) is 20.4. The van der Waals surface area contributed by atoms with Gasteiger partial charge in [0, 0.05) is 23.3 Å². The van der Waals surface area contributed by atoms with Gasteiger partial charge in [-0.05, 0) is 60.4 Å². The standard InChI is InChI=1S/C28H27ClN4O3/c1-18(2)20-8-12-22(13-9-20)33-26(34)24-15-23(25-5-4-14-36-25)31-32(24)17-28(33,3)27(35)30-16-19-6-10-21(29)11-7-19/h4-15,18H,16-17H2,1-3H3,(H,30,35)/t28-/m0/s1. The molecule has 0 aliphatic carbocycles. The number of aromatic nitrogens is 2. The molecule has 4 aromatic rings. The van der Waals surface area contributed by atoms with Crippen LogP contribution >= 0.6 is 11.6 Å². The average molecular weight is 503 g/mol. The number of benzene rings is 2. The molecule has 5 rings (SSSR count). The first-order chi connectivity index (χ1) is 17.3. The Morgan fingerprint density at radius 1 is 1.14 bits per heavy atom. The summed E-state index contributed by atoms with van der Waals surface area (Å²) in [7, 11) is 0. The second kappa shape index (κ2) is 9.32. The number of nitrogens with one attached hydrogen (secondary N) is 1. The molecular weight excluding hydrogens is 476 g/mol. The van der Waals surface area contributed by atoms with E-state index in [2.05, 4.69) is 24.3 Å². The summed E-state index contributed by atoms with van der Waals surface area (Å²) in [5.41, 5.74) is 2.44. The van der Waals surface area contributed by atoms with Gasteiger partial charge in [0.2, 0.25) is 5.91 Å². The number of amides is 2. The van der Waals surface area contributed by atoms with Crippen molar-refractivity contribution in [2.45, 2.75) is 45.3 Å². The van der Waals surface area contributed by atoms with E-state index < -0.39 is 5.54 Å². The van der Waals surface area contributed by atoms with Gasteiger partial charge in [0.05, 0.1) is 12.8 Å². The lowest BCUT2D eigenvalue weighted by Gasteiger charge is -2.43. The van der Waals surface area contributed by atoms with E-state index in [1.165, 1.54) is 0 Å². The third kappa shape index (κ3) is 4.31. The minimum atomic E-state index is -1.22. The van der Waals surface area contributed by atoms with Crippen molar-refractivity contribution in [3.05, 3.63) is 94.8 Å². The van der Waals surface area contributed by atoms with Crippen molar-refractivity contribution in [1.82, 2.24) is 15.1 Å². The molecule has 1 atom stereocenters. The number of rotatable bonds is 6. The van der Waals surface area contributed by atoms with Crippen molar-refractivity contribution in [2.24, 2.45) is 0 Å². The first-order valence-corrected chi connectivity index (χ1v) is 12.2. The van der Waals surface area contributed by atoms with Crippen LogP contribution in [0.15, 0.2) is 77.4 Å². The molecule has 1 N–H and O–H groups in total. The number of nitrogens with zero attached hydrogens (tertiary/aromatic N) is 3. The van der Waals surface area contributed by atoms with Crippen molar-refractivity contribution in [1.29, 1.82) is 0 Å². The van der Waals surface area contributed by atoms with Gasteiger partial charge in [0.15, 0.2) is 5.76 Å². The third-order valence-electron chi connectivity index (χ3n) is 6.60. The summed E-state index contributed by atoms with van der Waals surface area (Å²) in [6.45, 7) is 6.50. The highest BCUT2D eigenvalue weighted by Crippen LogP contribution is 2.35. The Morgan fingerprint density at radius 2 is 1.86 bits per heavy atom. The van der Waals surface area contributed by atoms with Crippen LogP contribution in [0.25, 0.3) is 11.5 Å². The molecule has 7 nitrogen and oxygen atoms in total. The van der Waals surface area contributed by atoms with Crippen molar-refractivity contribution in [3.63, 3.8) is 0 Å². The van der Waals surface area contributed by atoms with E-state index in [4.69, 9.17) is 16.0 Å². The Hall–Kier alpha value is -3.84. The predicted octanol–water partition coefficient (Wildman–Crippen LogP) is 5.66. The number of halogens is 1. The van der Waals surface area contributed by atoms with Gasteiger partial charge < -0.3 is 9.73 Å². The SMILES string of the molecule is CC(C)c1ccc(N2C(=O)c3cc(-c4ccco4)nn3C[C@@]2(C)C(=O)NCc2ccc(Cl)cc2)cc1. The molecule has 8 heteroatoms. The smallest absolute Gasteiger partial charge is 0.277 e. The molecule has 2 aromatic heterocycles. The minimum absolute atomic E-state index is 0.188. The molecule has 184 valence electrons. The van der Waals surface area contributed by atoms with E-state index in [1.54, 1.807) is 53.1 Å². The second-order valence-corrected chi connectivity index (χ2v) is 9.96. The van der Waals surface area contributed by atoms with Crippen molar-refractivity contribution in [3.8, 4) is 11.5 Å². The number of hydrogen-bond acceptors (Lipinski definition) is 4. The highest BCUT2D eigenvalue weighted by Gasteiger charge is 2.49. The van der Waals surface area contributed by atoms with Crippen LogP contribution in [0.3, 0.4) is 0 Å². The maximum absolute atomic E-state index is 13.9. The van der Waals surface area contributed by atoms with Crippen LogP contribution < -0.4 is 10.2 Å². The molecule has 0 spiro atoms. The number of furan rings is 1. The van der Waals surface area contributed by atoms with Crippen molar-refractivity contribution in [2.75, 3.05) is 4.90 Å². The molecule has 0 fully saturated rings. The van der Waals surface area contributed by atoms with Crippen molar-refractivity contribution < 1.29 is 14.0 Å². The zero-order valence-corrected chi connectivity index (χ0v) is 21.1. The van der Waals surface area contributed by atoms with Gasteiger partial charge in [0.25, 0.3) is 5.91 Å². The Morgan fingerprint density at radius 3 is 2.50 bits per heavy atom. The van der Waals surface area contributed by atoms with Gasteiger partial charge in [0.1, 0.15) is 16.9 Å². The summed E-state index contributed by atoms with van der Waals surface area (Å²) in [4.78, 5) is 29.2. The van der Waals surface area contributed by atoms with E-state index in [1.807, 2.05) is 36.4 Å². The number of carbonyl (C=O) groups is 2. The highest BCUT2D eigenvalue weighted by atomic mass is 35.5. The van der Waals surface area contributed by atoms with E-state index in [0.29, 0.717) is 40.3 Å². The topological polar surface area (TPSA) is 80.4 Å². The van der Waals surface area contributed by atoms with E-state index in [-0.39, 0.29) is 18.4 Å². The van der Waals surface area contributed by atoms with E-state index in [9.17, 15) is 9.59 Å². The summed E-state index contributed by atoms with van der Waals surface area (Å²) in [5.74, 6) is 0.335. The van der Waals surface area contributed by atoms with Gasteiger partial charge in [-0.1, -0.05) is 49.7 Å². The van der Waals surface area contributed by atoms with Crippen LogP contribution in [0.2, 0.25) is 5.02 Å². The average Bonchev–Trinajstić information content (AvgIpc) is 3.54. The molecule has 1 aliphatic heterocycles. The van der Waals surface area contributed by atoms with Crippen LogP contribution in [0.4, 0.5) is 5.69 Å². The zero-order chi connectivity index (χ0) is 25.4. The number of anilines is 1. The monoisotopic (exact) mass is 502 g/mol. The number of carbonyl (C=O) groups excluding carboxylic acids is 2. The van der Waals surface area contributed by atoms with Crippen LogP contribution in [0.1, 0.15) is 48.3 Å². The molecule has 0 saturated carbocycles. The van der Waals surface area contributed by atoms with Gasteiger partial charge in [-0.2, -0.15) is 5.10 Å². The largest absolute Gasteiger partial charge is 0.463 e. The molecule has 36 heavy (non-hydrogen) atoms. The molecule has 2 aromatic carbocycles. The van der Waals surface area contributed by atoms with Gasteiger partial charge in [-0.3, -0.25) is 19.2 Å². The summed E-state index contributed by atoms with van der Waals surface area (Å²) in [6.07, 6.45) is 1.56. The van der Waals surface area contributed by atoms with Crippen LogP contribution in [0.5, 0.6) is 0 Å². The second-order valence-electron chi connectivity index (χ2n) is 9.52. The Balaban J connectivity index is 1.52. The lowest BCUT2D eigenvalue weighted by molar-refractivity contribution is -0.126. The normalized spacial score (nSPS) is 17.4. The maximum atomic E-state index is 13.9. The minimum Gasteiger partial charge on any atom is -0.463 e. The Bertz CT molecular complexity index is 1390. The van der Waals surface area contributed by atoms with E-state index in [0.717, 1.165) is 11.1 Å². The molecule has 0 saturated heterocycles. The van der Waals surface area contributed by atoms with Crippen LogP contribution in [-0.2, 0) is 17.9 Å². The van der Waals surface area contributed by atoms with Crippen LogP contribution in [0, 0.1) is 0 Å². The first-order valence-electron chi connectivity index (χ1n) is 11.9. The predicted molar refractivity (Wildman–Crippen MR) is 139 cm³/mol. The summed E-state index contributed by atoms with van der Waals surface area (Å²) >= 11 is 5.99. The Labute approximate surface area is 214 Å². The van der Waals surface area contributed by atoms with Gasteiger partial charge >= 0.3 is 0 Å². The highest BCUT2D eigenvalue weighted by molar-refractivity contribution is 6.30. The molecule has 3 heterocycles. The molecule has 0 radical (unpaired) electrons. The lowest BCUT2D eigenvalue weighted by Crippen LogP contribution is -2.64. The fraction of sp³-hybridized carbons (Fsp3) is 0.250. The first kappa shape index (κ1) is 23.9. The molecule has 1 aliphatic rings. The fourth-order valence-corrected chi connectivity index (χ4v) is 4.64. The molecule has 2 amide bonds. The van der Waals surface area contributed by atoms with Crippen LogP contribution in [-0.4, -0.2) is 27.1 Å². The van der Waals surface area contributed by atoms with Gasteiger partial charge in [-0.15, -0.1) is 0 Å². The number of fused-ring (bicyclic) bond motifs is 1. The van der Waals surface area contributed by atoms with Gasteiger partial charge in [-0.25, -0.2) is 0 Å². The molecule has 0 bridgehead atoms. The molecule has 0 unspecified atom stereocenters. The van der Waals surface area contributed by atoms with Crippen molar-refractivity contribution >= 4 is 29.1 Å². The summed E-state index contributed by atoms with van der Waals surface area (Å²) in [5, 5.41) is 8.23. The van der Waals surface area contributed by atoms with E-state index >= 15 is 0 Å². The Kier molecular flexibility index (Phi) is 6.18. The number of hydrogen-bond donors (Lipinski definition) is 1. The summed E-state index contributed by atoms with van der Waals surface area (Å²) < 4.78 is 7.08. The quantitative estimate of drug-likeness (QED) is 0.369. The third-order valence-corrected chi connectivity index (χ3v) is 6.85. The summed E-state index contributed by atoms with van der Waals surface area (Å²) in [6, 6.07) is 20.4. The maximum Gasteiger partial charge on any atom is 0.277 e.